The van der Waals surface area contributed by atoms with E-state index in [0.29, 0.717) is 0 Å². The molecule has 0 aliphatic carbocycles. The zero-order valence-corrected chi connectivity index (χ0v) is 8.33. The molecule has 0 fully saturated rings. The molecule has 0 atom stereocenters. The molecular weight excluding hydrogens is 224 g/mol. The van der Waals surface area contributed by atoms with E-state index in [2.05, 4.69) is 9.82 Å². The fraction of sp³-hybridized carbons (Fsp3) is 0.250. The molecule has 0 bridgehead atoms. The van der Waals surface area contributed by atoms with Crippen LogP contribution in [0.15, 0.2) is 10.4 Å². The van der Waals surface area contributed by atoms with Crippen LogP contribution in [0.2, 0.25) is 4.47 Å². The highest BCUT2D eigenvalue weighted by molar-refractivity contribution is 7.91. The lowest BCUT2D eigenvalue weighted by Crippen LogP contribution is -2.21. The van der Waals surface area contributed by atoms with E-state index in [4.69, 9.17) is 11.6 Å². The monoisotopic (exact) mass is 228 g/mol. The zero-order valence-electron chi connectivity index (χ0n) is 5.94. The Hall–Kier alpha value is -0.210. The van der Waals surface area contributed by atoms with Crippen molar-refractivity contribution in [3.8, 4) is 0 Å². The quantitative estimate of drug-likeness (QED) is 0.771. The minimum Gasteiger partial charge on any atom is -0.290 e. The van der Waals surface area contributed by atoms with Gasteiger partial charge in [0.05, 0.1) is 13.3 Å². The molecule has 0 amide bonds. The van der Waals surface area contributed by atoms with Crippen LogP contribution in [0.3, 0.4) is 0 Å². The molecule has 12 heavy (non-hydrogen) atoms. The molecule has 68 valence electrons. The Morgan fingerprint density at radius 2 is 2.42 bits per heavy atom. The first kappa shape index (κ1) is 9.87. The van der Waals surface area contributed by atoms with Gasteiger partial charge >= 0.3 is 0 Å². The molecule has 1 aromatic heterocycles. The van der Waals surface area contributed by atoms with Crippen LogP contribution < -0.4 is 4.89 Å². The van der Waals surface area contributed by atoms with Gasteiger partial charge in [0.1, 0.15) is 0 Å². The van der Waals surface area contributed by atoms with Crippen LogP contribution in [0.25, 0.3) is 0 Å². The third-order valence-corrected chi connectivity index (χ3v) is 3.75. The highest BCUT2D eigenvalue weighted by Crippen LogP contribution is 2.21. The van der Waals surface area contributed by atoms with E-state index in [1.54, 1.807) is 0 Å². The van der Waals surface area contributed by atoms with Gasteiger partial charge in [-0.05, 0) is 0 Å². The fourth-order valence-electron chi connectivity index (χ4n) is 0.514. The first-order chi connectivity index (χ1) is 5.56. The number of thiazole rings is 1. The summed E-state index contributed by atoms with van der Waals surface area (Å²) >= 11 is 6.30. The van der Waals surface area contributed by atoms with Crippen molar-refractivity contribution in [3.63, 3.8) is 0 Å². The predicted molar refractivity (Wildman–Crippen MR) is 44.5 cm³/mol. The largest absolute Gasteiger partial charge is 0.290 e. The van der Waals surface area contributed by atoms with Crippen molar-refractivity contribution in [2.24, 2.45) is 0 Å². The Morgan fingerprint density at radius 3 is 2.83 bits per heavy atom. The van der Waals surface area contributed by atoms with E-state index in [-0.39, 0.29) is 8.68 Å². The van der Waals surface area contributed by atoms with Gasteiger partial charge in [-0.1, -0.05) is 27.8 Å². The Kier molecular flexibility index (Phi) is 3.02. The van der Waals surface area contributed by atoms with Crippen LogP contribution in [-0.4, -0.2) is 20.5 Å². The van der Waals surface area contributed by atoms with Crippen LogP contribution in [-0.2, 0) is 14.9 Å². The smallest absolute Gasteiger partial charge is 0.273 e. The van der Waals surface area contributed by atoms with Gasteiger partial charge in [0, 0.05) is 0 Å². The SMILES string of the molecule is CONS(=O)(=O)c1cnc(Cl)s1. The topological polar surface area (TPSA) is 68.3 Å². The van der Waals surface area contributed by atoms with Gasteiger partial charge in [0.2, 0.25) is 0 Å². The molecule has 0 spiro atoms. The molecular formula is C4H5ClN2O3S2. The van der Waals surface area contributed by atoms with Crippen LogP contribution in [0.1, 0.15) is 0 Å². The number of rotatable bonds is 3. The number of nitrogens with one attached hydrogen (secondary N) is 1. The molecule has 0 aliphatic heterocycles. The molecule has 0 aromatic carbocycles. The van der Waals surface area contributed by atoms with Crippen molar-refractivity contribution in [2.45, 2.75) is 4.21 Å². The van der Waals surface area contributed by atoms with Crippen molar-refractivity contribution >= 4 is 33.0 Å². The third-order valence-electron chi connectivity index (χ3n) is 0.914. The average molecular weight is 229 g/mol. The Labute approximate surface area is 78.3 Å². The lowest BCUT2D eigenvalue weighted by Gasteiger charge is -1.98. The van der Waals surface area contributed by atoms with Crippen molar-refractivity contribution in [1.82, 2.24) is 9.87 Å². The van der Waals surface area contributed by atoms with E-state index in [0.717, 1.165) is 17.5 Å². The highest BCUT2D eigenvalue weighted by atomic mass is 35.5. The summed E-state index contributed by atoms with van der Waals surface area (Å²) in [6.07, 6.45) is 1.16. The molecule has 0 saturated carbocycles. The number of hydrogen-bond donors (Lipinski definition) is 1. The first-order valence-electron chi connectivity index (χ1n) is 2.72. The van der Waals surface area contributed by atoms with Crippen molar-refractivity contribution in [2.75, 3.05) is 7.11 Å². The highest BCUT2D eigenvalue weighted by Gasteiger charge is 2.16. The Bertz CT molecular complexity index is 360. The zero-order chi connectivity index (χ0) is 9.19. The van der Waals surface area contributed by atoms with Crippen LogP contribution in [0.4, 0.5) is 0 Å². The Morgan fingerprint density at radius 1 is 1.75 bits per heavy atom. The summed E-state index contributed by atoms with van der Waals surface area (Å²) in [5.74, 6) is 0. The normalized spacial score (nSPS) is 11.8. The predicted octanol–water partition coefficient (Wildman–Crippen LogP) is 0.636. The molecule has 0 aliphatic rings. The number of aromatic nitrogens is 1. The maximum Gasteiger partial charge on any atom is 0.273 e. The van der Waals surface area contributed by atoms with Gasteiger partial charge in [-0.15, -0.1) is 0 Å². The van der Waals surface area contributed by atoms with Gasteiger partial charge in [-0.3, -0.25) is 4.84 Å². The molecule has 1 heterocycles. The molecule has 1 N–H and O–H groups in total. The molecule has 8 heteroatoms. The second-order valence-corrected chi connectivity index (χ2v) is 5.21. The second-order valence-electron chi connectivity index (χ2n) is 1.72. The van der Waals surface area contributed by atoms with Gasteiger partial charge in [0.15, 0.2) is 8.68 Å². The molecule has 1 aromatic rings. The molecule has 0 saturated heterocycles. The van der Waals surface area contributed by atoms with Crippen molar-refractivity contribution in [1.29, 1.82) is 0 Å². The fourth-order valence-corrected chi connectivity index (χ4v) is 2.60. The van der Waals surface area contributed by atoms with Gasteiger partial charge in [-0.25, -0.2) is 13.4 Å². The summed E-state index contributed by atoms with van der Waals surface area (Å²) in [6.45, 7) is 0. The first-order valence-corrected chi connectivity index (χ1v) is 5.40. The standard InChI is InChI=1S/C4H5ClN2O3S2/c1-10-7-12(8,9)3-2-6-4(5)11-3/h2,7H,1H3. The number of sulfonamides is 1. The van der Waals surface area contributed by atoms with Crippen LogP contribution in [0, 0.1) is 0 Å². The lowest BCUT2D eigenvalue weighted by atomic mass is 11.0. The van der Waals surface area contributed by atoms with Gasteiger partial charge < -0.3 is 0 Å². The molecule has 5 nitrogen and oxygen atoms in total. The van der Waals surface area contributed by atoms with E-state index < -0.39 is 10.0 Å². The number of hydrogen-bond acceptors (Lipinski definition) is 5. The maximum absolute atomic E-state index is 11.1. The summed E-state index contributed by atoms with van der Waals surface area (Å²) in [5, 5.41) is 0. The Balaban J connectivity index is 2.98. The van der Waals surface area contributed by atoms with Gasteiger partial charge in [0.25, 0.3) is 10.0 Å². The lowest BCUT2D eigenvalue weighted by molar-refractivity contribution is 0.153. The minimum atomic E-state index is -3.59. The van der Waals surface area contributed by atoms with Crippen molar-refractivity contribution in [3.05, 3.63) is 10.7 Å². The van der Waals surface area contributed by atoms with Crippen LogP contribution in [0.5, 0.6) is 0 Å². The van der Waals surface area contributed by atoms with Gasteiger partial charge in [-0.2, -0.15) is 0 Å². The number of halogens is 1. The maximum atomic E-state index is 11.1. The average Bonchev–Trinajstić information content (AvgIpc) is 2.36. The molecule has 0 unspecified atom stereocenters. The third kappa shape index (κ3) is 2.14. The minimum absolute atomic E-state index is 0.0225. The second kappa shape index (κ2) is 3.67. The van der Waals surface area contributed by atoms with E-state index in [9.17, 15) is 8.42 Å². The van der Waals surface area contributed by atoms with E-state index in [1.165, 1.54) is 7.11 Å². The van der Waals surface area contributed by atoms with Crippen LogP contribution >= 0.6 is 22.9 Å². The summed E-state index contributed by atoms with van der Waals surface area (Å²) in [4.78, 5) is 9.68. The summed E-state index contributed by atoms with van der Waals surface area (Å²) < 4.78 is 22.4. The van der Waals surface area contributed by atoms with Crippen molar-refractivity contribution < 1.29 is 13.3 Å². The summed E-state index contributed by atoms with van der Waals surface area (Å²) in [6, 6.07) is 0. The van der Waals surface area contributed by atoms with E-state index >= 15 is 0 Å². The molecule has 1 rings (SSSR count). The summed E-state index contributed by atoms with van der Waals surface area (Å²) in [5.41, 5.74) is 0. The number of nitrogens with zero attached hydrogens (tertiary/aromatic N) is 1. The molecule has 0 radical (unpaired) electrons. The summed E-state index contributed by atoms with van der Waals surface area (Å²) in [7, 11) is -2.38. The van der Waals surface area contributed by atoms with E-state index in [1.807, 2.05) is 4.89 Å².